The lowest BCUT2D eigenvalue weighted by Gasteiger charge is -1.86. The van der Waals surface area contributed by atoms with Gasteiger partial charge in [-0.2, -0.15) is 0 Å². The molecule has 0 aliphatic heterocycles. The third-order valence-corrected chi connectivity index (χ3v) is 0.350. The van der Waals surface area contributed by atoms with Crippen molar-refractivity contribution in [3.8, 4) is 0 Å². The van der Waals surface area contributed by atoms with E-state index in [4.69, 9.17) is 15.0 Å². The van der Waals surface area contributed by atoms with Gasteiger partial charge in [0.05, 0.1) is 0 Å². The topological polar surface area (TPSA) is 63.3 Å². The maximum absolute atomic E-state index is 10.00. The Hall–Kier alpha value is -0.570. The molecule has 0 amide bonds. The summed E-state index contributed by atoms with van der Waals surface area (Å²) in [5, 5.41) is 8.15. The van der Waals surface area contributed by atoms with Gasteiger partial charge >= 0.3 is 5.97 Å². The highest BCUT2D eigenvalue weighted by Gasteiger charge is 1.91. The first kappa shape index (κ1) is 2.67. The smallest absolute Gasteiger partial charge is 0.303 e. The van der Waals surface area contributed by atoms with E-state index in [0.717, 1.165) is 0 Å². The van der Waals surface area contributed by atoms with E-state index >= 15 is 0 Å². The first-order chi connectivity index (χ1) is 4.46. The number of aliphatic carboxylic acids is 1. The standard InChI is InChI=1S/C4H9NO2/c5-3-1-2-4(6)7/h1-3,5H2,(H,6,7)/i1+1D,2+1D,3+1D,4+1,5+1/t1-,2+,3+/m0/s1. The molecule has 0 saturated carbocycles. The Morgan fingerprint density at radius 2 is 2.57 bits per heavy atom. The van der Waals surface area contributed by atoms with E-state index in [1.54, 1.807) is 0 Å². The van der Waals surface area contributed by atoms with Gasteiger partial charge in [0, 0.05) is 10.5 Å². The zero-order valence-electron chi connectivity index (χ0n) is 6.66. The maximum Gasteiger partial charge on any atom is 0.303 e. The van der Waals surface area contributed by atoms with E-state index in [1.807, 2.05) is 0 Å². The summed E-state index contributed by atoms with van der Waals surface area (Å²) in [6.07, 6.45) is -3.00. The van der Waals surface area contributed by atoms with Gasteiger partial charge in [-0.3, -0.25) is 4.79 Å². The molecule has 0 aromatic carbocycles. The largest absolute Gasteiger partial charge is 0.481 e. The van der Waals surface area contributed by atoms with Crippen LogP contribution in [-0.4, -0.2) is 17.6 Å². The third-order valence-electron chi connectivity index (χ3n) is 0.350. The van der Waals surface area contributed by atoms with Crippen molar-refractivity contribution >= 4 is 5.97 Å². The van der Waals surface area contributed by atoms with Crippen LogP contribution in [0.1, 0.15) is 16.9 Å². The quantitative estimate of drug-likeness (QED) is 0.392. The van der Waals surface area contributed by atoms with Gasteiger partial charge in [-0.15, -0.1) is 0 Å². The van der Waals surface area contributed by atoms with Crippen molar-refractivity contribution in [2.24, 2.45) is 5.73 Å². The predicted octanol–water partition coefficient (Wildman–Crippen LogP) is -0.190. The summed E-state index contributed by atoms with van der Waals surface area (Å²) < 4.78 is 20.4. The highest BCUT2D eigenvalue weighted by atomic mass is 16.5. The Morgan fingerprint density at radius 3 is 2.71 bits per heavy atom. The summed E-state index contributed by atoms with van der Waals surface area (Å²) >= 11 is 0. The Morgan fingerprint density at radius 1 is 2.00 bits per heavy atom. The Labute approximate surface area is 46.3 Å². The molecule has 7 heavy (non-hydrogen) atoms. The second-order valence-electron chi connectivity index (χ2n) is 0.890. The molecule has 0 heterocycles. The Bertz CT molecular complexity index is 130. The number of nitrogens with two attached hydrogens (primary N) is 1. The summed E-state index contributed by atoms with van der Waals surface area (Å²) in [7, 11) is 0. The van der Waals surface area contributed by atoms with Crippen LogP contribution in [0.15, 0.2) is 0 Å². The molecule has 3 heteroatoms. The van der Waals surface area contributed by atoms with Crippen molar-refractivity contribution in [2.75, 3.05) is 6.52 Å². The molecule has 3 atom stereocenters. The fourth-order valence-electron chi connectivity index (χ4n) is 0.138. The molecule has 0 aromatic heterocycles. The van der Waals surface area contributed by atoms with Crippen LogP contribution in [0.2, 0.25) is 0 Å². The van der Waals surface area contributed by atoms with Crippen molar-refractivity contribution in [3.63, 3.8) is 0 Å². The van der Waals surface area contributed by atoms with Gasteiger partial charge < -0.3 is 10.8 Å². The lowest BCUT2D eigenvalue weighted by Crippen LogP contribution is -2.02. The van der Waals surface area contributed by atoms with Gasteiger partial charge in [-0.25, -0.2) is 0 Å². The highest BCUT2D eigenvalue weighted by molar-refractivity contribution is 5.66. The molecule has 0 rings (SSSR count). The third kappa shape index (κ3) is 5.43. The number of hydrogen-bond donors (Lipinski definition) is 2. The van der Waals surface area contributed by atoms with E-state index in [1.165, 1.54) is 0 Å². The molecule has 0 aliphatic rings. The molecular weight excluding hydrogens is 99.0 g/mol. The van der Waals surface area contributed by atoms with Crippen LogP contribution < -0.4 is 5.73 Å². The van der Waals surface area contributed by atoms with Gasteiger partial charge in [-0.05, 0) is 12.9 Å². The SMILES string of the molecule is [2H][13C@H]([13C@@H]([2H])[15NH2])[13C@@H]([2H])[13C](=O)O. The molecule has 0 spiro atoms. The average Bonchev–Trinajstić information content (AvgIpc) is 1.84. The average molecular weight is 111 g/mol. The molecule has 0 bridgehead atoms. The fourth-order valence-corrected chi connectivity index (χ4v) is 0.138. The first-order valence-corrected chi connectivity index (χ1v) is 1.72. The van der Waals surface area contributed by atoms with E-state index in [-0.39, 0.29) is 0 Å². The minimum Gasteiger partial charge on any atom is -0.481 e. The van der Waals surface area contributed by atoms with Crippen LogP contribution in [0.25, 0.3) is 0 Å². The van der Waals surface area contributed by atoms with Gasteiger partial charge in [0.1, 0.15) is 0 Å². The van der Waals surface area contributed by atoms with E-state index in [0.29, 0.717) is 0 Å². The zero-order chi connectivity index (χ0) is 8.31. The molecule has 3 N–H and O–H groups in total. The van der Waals surface area contributed by atoms with Crippen LogP contribution in [-0.2, 0) is 4.79 Å². The summed E-state index contributed by atoms with van der Waals surface area (Å²) in [6.45, 7) is -1.32. The van der Waals surface area contributed by atoms with Crippen molar-refractivity contribution < 1.29 is 14.0 Å². The zero-order valence-corrected chi connectivity index (χ0v) is 3.66. The van der Waals surface area contributed by atoms with Crippen LogP contribution in [0.4, 0.5) is 0 Å². The number of rotatable bonds is 3. The van der Waals surface area contributed by atoms with E-state index < -0.39 is 25.3 Å². The summed E-state index contributed by atoms with van der Waals surface area (Å²) in [6, 6.07) is 0. The van der Waals surface area contributed by atoms with Crippen molar-refractivity contribution in [2.45, 2.75) is 12.8 Å². The number of carboxylic acid groups (broad SMARTS) is 1. The molecule has 42 valence electrons. The van der Waals surface area contributed by atoms with Crippen LogP contribution in [0.5, 0.6) is 0 Å². The van der Waals surface area contributed by atoms with E-state index in [2.05, 4.69) is 0 Å². The fraction of sp³-hybridized carbons (Fsp3) is 0.750. The normalized spacial score (nSPS) is 28.4. The van der Waals surface area contributed by atoms with Crippen LogP contribution in [0.3, 0.4) is 0 Å². The maximum atomic E-state index is 10.00. The second kappa shape index (κ2) is 3.61. The van der Waals surface area contributed by atoms with Gasteiger partial charge in [-0.1, -0.05) is 0 Å². The summed E-state index contributed by atoms with van der Waals surface area (Å²) in [4.78, 5) is 10.00. The molecule has 0 radical (unpaired) electrons. The lowest BCUT2D eigenvalue weighted by molar-refractivity contribution is -0.137. The molecule has 0 unspecified atom stereocenters. The molecule has 0 fully saturated rings. The molecular formula is C4H9NO2. The van der Waals surface area contributed by atoms with Crippen LogP contribution in [0, 0.1) is 0 Å². The van der Waals surface area contributed by atoms with Gasteiger partial charge in [0.2, 0.25) is 0 Å². The van der Waals surface area contributed by atoms with Crippen molar-refractivity contribution in [1.29, 1.82) is 0 Å². The summed E-state index contributed by atoms with van der Waals surface area (Å²) in [5.41, 5.74) is 4.87. The van der Waals surface area contributed by atoms with Gasteiger partial charge in [0.15, 0.2) is 0 Å². The van der Waals surface area contributed by atoms with E-state index in [9.17, 15) is 4.79 Å². The summed E-state index contributed by atoms with van der Waals surface area (Å²) in [5.74, 6) is -1.41. The predicted molar refractivity (Wildman–Crippen MR) is 25.9 cm³/mol. The van der Waals surface area contributed by atoms with Gasteiger partial charge in [0.25, 0.3) is 0 Å². The monoisotopic (exact) mass is 111 g/mol. The molecule has 0 saturated heterocycles. The first-order valence-electron chi connectivity index (χ1n) is 3.45. The number of carboxylic acids is 1. The molecule has 0 aliphatic carbocycles. The van der Waals surface area contributed by atoms with Crippen molar-refractivity contribution in [1.82, 2.24) is 0 Å². The molecule has 3 nitrogen and oxygen atoms in total. The highest BCUT2D eigenvalue weighted by Crippen LogP contribution is 1.82. The Kier molecular flexibility index (Phi) is 1.38. The number of hydrogen-bond acceptors (Lipinski definition) is 2. The second-order valence-corrected chi connectivity index (χ2v) is 0.890. The van der Waals surface area contributed by atoms with Crippen molar-refractivity contribution in [3.05, 3.63) is 0 Å². The van der Waals surface area contributed by atoms with Crippen LogP contribution >= 0.6 is 0 Å². The minimum atomic E-state index is -1.62. The molecule has 0 aromatic rings. The number of carbonyl (C=O) groups is 1. The lowest BCUT2D eigenvalue weighted by atomic mass is 11.3. The Balaban J connectivity index is 3.94. The minimum absolute atomic E-state index is 1.32.